The molecule has 7 heteroatoms. The van der Waals surface area contributed by atoms with Gasteiger partial charge in [-0.15, -0.1) is 11.3 Å². The molecule has 0 spiro atoms. The van der Waals surface area contributed by atoms with Crippen LogP contribution in [0.25, 0.3) is 0 Å². The van der Waals surface area contributed by atoms with Gasteiger partial charge in [-0.05, 0) is 13.3 Å². The van der Waals surface area contributed by atoms with Crippen LogP contribution in [0.4, 0.5) is 9.93 Å². The van der Waals surface area contributed by atoms with Crippen LogP contribution in [0.2, 0.25) is 0 Å². The van der Waals surface area contributed by atoms with Crippen molar-refractivity contribution in [3.63, 3.8) is 0 Å². The Balaban J connectivity index is 2.42. The number of urea groups is 1. The molecule has 6 nitrogen and oxygen atoms in total. The molecule has 0 unspecified atom stereocenters. The largest absolute Gasteiger partial charge is 0.481 e. The average molecular weight is 257 g/mol. The van der Waals surface area contributed by atoms with Gasteiger partial charge in [-0.1, -0.05) is 6.92 Å². The van der Waals surface area contributed by atoms with Crippen molar-refractivity contribution in [1.82, 2.24) is 10.3 Å². The molecule has 0 atom stereocenters. The van der Waals surface area contributed by atoms with Crippen LogP contribution in [0.3, 0.4) is 0 Å². The topological polar surface area (TPSA) is 91.3 Å². The minimum Gasteiger partial charge on any atom is -0.481 e. The van der Waals surface area contributed by atoms with Crippen LogP contribution >= 0.6 is 11.3 Å². The molecule has 17 heavy (non-hydrogen) atoms. The molecule has 0 saturated carbocycles. The lowest BCUT2D eigenvalue weighted by atomic mass is 10.3. The highest BCUT2D eigenvalue weighted by Crippen LogP contribution is 2.21. The summed E-state index contributed by atoms with van der Waals surface area (Å²) in [6, 6.07) is -0.428. The third-order valence-electron chi connectivity index (χ3n) is 2.07. The van der Waals surface area contributed by atoms with Gasteiger partial charge in [0.1, 0.15) is 0 Å². The fourth-order valence-corrected chi connectivity index (χ4v) is 2.13. The Morgan fingerprint density at radius 3 is 2.71 bits per heavy atom. The van der Waals surface area contributed by atoms with Crippen molar-refractivity contribution < 1.29 is 14.7 Å². The highest BCUT2D eigenvalue weighted by molar-refractivity contribution is 7.15. The van der Waals surface area contributed by atoms with E-state index in [2.05, 4.69) is 15.6 Å². The number of nitrogens with one attached hydrogen (secondary N) is 2. The number of thiazole rings is 1. The Kier molecular flexibility index (Phi) is 4.89. The van der Waals surface area contributed by atoms with Gasteiger partial charge in [-0.25, -0.2) is 9.78 Å². The second kappa shape index (κ2) is 6.19. The van der Waals surface area contributed by atoms with E-state index in [-0.39, 0.29) is 13.0 Å². The summed E-state index contributed by atoms with van der Waals surface area (Å²) in [5, 5.41) is 14.0. The maximum Gasteiger partial charge on any atom is 0.321 e. The number of hydrogen-bond acceptors (Lipinski definition) is 4. The number of carbonyl (C=O) groups excluding carboxylic acids is 1. The maximum absolute atomic E-state index is 11.4. The van der Waals surface area contributed by atoms with Crippen molar-refractivity contribution in [3.8, 4) is 0 Å². The van der Waals surface area contributed by atoms with Gasteiger partial charge in [0.2, 0.25) is 0 Å². The van der Waals surface area contributed by atoms with Gasteiger partial charge in [0.05, 0.1) is 12.1 Å². The molecule has 0 fully saturated rings. The Morgan fingerprint density at radius 2 is 2.18 bits per heavy atom. The first-order valence-corrected chi connectivity index (χ1v) is 6.07. The monoisotopic (exact) mass is 257 g/mol. The van der Waals surface area contributed by atoms with Gasteiger partial charge in [0.15, 0.2) is 5.13 Å². The van der Waals surface area contributed by atoms with Crippen LogP contribution in [-0.2, 0) is 11.2 Å². The highest BCUT2D eigenvalue weighted by Gasteiger charge is 2.08. The third kappa shape index (κ3) is 4.39. The number of carboxylic acids is 1. The standard InChI is InChI=1S/C10H15N3O3S/c1-3-7-6(2)17-10(12-7)13-9(16)11-5-4-8(14)15/h3-5H2,1-2H3,(H,14,15)(H2,11,12,13,16). The molecular weight excluding hydrogens is 242 g/mol. The molecule has 3 N–H and O–H groups in total. The fraction of sp³-hybridized carbons (Fsp3) is 0.500. The van der Waals surface area contributed by atoms with Crippen molar-refractivity contribution >= 4 is 28.5 Å². The molecule has 0 aromatic carbocycles. The summed E-state index contributed by atoms with van der Waals surface area (Å²) in [5.74, 6) is -0.941. The molecule has 94 valence electrons. The number of hydrogen-bond donors (Lipinski definition) is 3. The van der Waals surface area contributed by atoms with Crippen molar-refractivity contribution in [2.45, 2.75) is 26.7 Å². The van der Waals surface area contributed by atoms with E-state index in [0.717, 1.165) is 17.0 Å². The number of amides is 2. The summed E-state index contributed by atoms with van der Waals surface area (Å²) in [6.45, 7) is 4.05. The number of aryl methyl sites for hydroxylation is 2. The normalized spacial score (nSPS) is 10.0. The molecule has 2 amide bonds. The lowest BCUT2D eigenvalue weighted by Gasteiger charge is -2.02. The Bertz CT molecular complexity index is 417. The van der Waals surface area contributed by atoms with E-state index in [0.29, 0.717) is 5.13 Å². The summed E-state index contributed by atoms with van der Waals surface area (Å²) in [5.41, 5.74) is 0.968. The number of nitrogens with zero attached hydrogens (tertiary/aromatic N) is 1. The Labute approximate surface area is 103 Å². The van der Waals surface area contributed by atoms with E-state index in [1.807, 2.05) is 13.8 Å². The van der Waals surface area contributed by atoms with Gasteiger partial charge < -0.3 is 10.4 Å². The zero-order valence-electron chi connectivity index (χ0n) is 9.74. The summed E-state index contributed by atoms with van der Waals surface area (Å²) >= 11 is 1.41. The molecule has 0 aliphatic rings. The molecule has 0 radical (unpaired) electrons. The lowest BCUT2D eigenvalue weighted by molar-refractivity contribution is -0.136. The summed E-state index contributed by atoms with van der Waals surface area (Å²) in [7, 11) is 0. The predicted molar refractivity (Wildman–Crippen MR) is 65.5 cm³/mol. The number of rotatable bonds is 5. The molecule has 0 aliphatic heterocycles. The molecule has 0 aliphatic carbocycles. The van der Waals surface area contributed by atoms with E-state index >= 15 is 0 Å². The van der Waals surface area contributed by atoms with E-state index in [9.17, 15) is 9.59 Å². The van der Waals surface area contributed by atoms with E-state index in [4.69, 9.17) is 5.11 Å². The van der Waals surface area contributed by atoms with E-state index in [1.165, 1.54) is 11.3 Å². The van der Waals surface area contributed by atoms with Crippen LogP contribution in [0.5, 0.6) is 0 Å². The first-order valence-electron chi connectivity index (χ1n) is 5.26. The van der Waals surface area contributed by atoms with Crippen molar-refractivity contribution in [2.24, 2.45) is 0 Å². The highest BCUT2D eigenvalue weighted by atomic mass is 32.1. The SMILES string of the molecule is CCc1nc(NC(=O)NCCC(=O)O)sc1C. The van der Waals surface area contributed by atoms with Crippen LogP contribution in [0.1, 0.15) is 23.9 Å². The number of aliphatic carboxylic acids is 1. The van der Waals surface area contributed by atoms with E-state index < -0.39 is 12.0 Å². The molecule has 1 aromatic rings. The lowest BCUT2D eigenvalue weighted by Crippen LogP contribution is -2.30. The Morgan fingerprint density at radius 1 is 1.47 bits per heavy atom. The Hall–Kier alpha value is -1.63. The van der Waals surface area contributed by atoms with Gasteiger partial charge in [-0.2, -0.15) is 0 Å². The average Bonchev–Trinajstić information content (AvgIpc) is 2.58. The molecule has 1 heterocycles. The number of aromatic nitrogens is 1. The van der Waals surface area contributed by atoms with Crippen molar-refractivity contribution in [2.75, 3.05) is 11.9 Å². The molecule has 1 rings (SSSR count). The number of carbonyl (C=O) groups is 2. The predicted octanol–water partition coefficient (Wildman–Crippen LogP) is 1.61. The van der Waals surface area contributed by atoms with Crippen LogP contribution in [0.15, 0.2) is 0 Å². The van der Waals surface area contributed by atoms with Crippen LogP contribution in [-0.4, -0.2) is 28.6 Å². The van der Waals surface area contributed by atoms with Gasteiger partial charge in [0, 0.05) is 11.4 Å². The molecular formula is C10H15N3O3S. The smallest absolute Gasteiger partial charge is 0.321 e. The number of anilines is 1. The van der Waals surface area contributed by atoms with Gasteiger partial charge >= 0.3 is 12.0 Å². The first-order chi connectivity index (χ1) is 8.02. The first kappa shape index (κ1) is 13.4. The zero-order valence-corrected chi connectivity index (χ0v) is 10.6. The summed E-state index contributed by atoms with van der Waals surface area (Å²) < 4.78 is 0. The number of carboxylic acid groups (broad SMARTS) is 1. The second-order valence-corrected chi connectivity index (χ2v) is 4.60. The van der Waals surface area contributed by atoms with Crippen molar-refractivity contribution in [1.29, 1.82) is 0 Å². The van der Waals surface area contributed by atoms with Crippen molar-refractivity contribution in [3.05, 3.63) is 10.6 Å². The fourth-order valence-electron chi connectivity index (χ4n) is 1.23. The zero-order chi connectivity index (χ0) is 12.8. The third-order valence-corrected chi connectivity index (χ3v) is 3.00. The van der Waals surface area contributed by atoms with E-state index in [1.54, 1.807) is 0 Å². The molecule has 0 saturated heterocycles. The summed E-state index contributed by atoms with van der Waals surface area (Å²) in [6.07, 6.45) is 0.731. The molecule has 1 aromatic heterocycles. The summed E-state index contributed by atoms with van der Waals surface area (Å²) in [4.78, 5) is 26.9. The molecule has 0 bridgehead atoms. The van der Waals surface area contributed by atoms with Crippen LogP contribution in [0, 0.1) is 6.92 Å². The minimum absolute atomic E-state index is 0.0927. The van der Waals surface area contributed by atoms with Gasteiger partial charge in [0.25, 0.3) is 0 Å². The maximum atomic E-state index is 11.4. The minimum atomic E-state index is -0.941. The second-order valence-electron chi connectivity index (χ2n) is 3.40. The van der Waals surface area contributed by atoms with Crippen LogP contribution < -0.4 is 10.6 Å². The van der Waals surface area contributed by atoms with Gasteiger partial charge in [-0.3, -0.25) is 10.1 Å². The quantitative estimate of drug-likeness (QED) is 0.747.